The number of halogens is 1. The molecule has 0 saturated heterocycles. The first-order chi connectivity index (χ1) is 16.9. The van der Waals surface area contributed by atoms with E-state index in [2.05, 4.69) is 41.0 Å². The number of carboxylic acid groups (broad SMARTS) is 2. The zero-order chi connectivity index (χ0) is 24.9. The van der Waals surface area contributed by atoms with Crippen LogP contribution < -0.4 is 15.2 Å². The van der Waals surface area contributed by atoms with E-state index >= 15 is 0 Å². The quantitative estimate of drug-likeness (QED) is 0.337. The fourth-order valence-electron chi connectivity index (χ4n) is 4.15. The standard InChI is InChI=1S/C22H19ClN2O2.C4H4O4/c23-16-9-10-17-20(22(16)26-12-11-24)15-7-4-8-19-21(15)25(17)18(13-27-19)14-5-2-1-3-6-14;5-3(6)1-2-4(7)8/h1-10,18H,11-13,24H2;1-2H,(H,5,6)(H,7,8). The summed E-state index contributed by atoms with van der Waals surface area (Å²) in [5.41, 5.74) is 9.03. The summed E-state index contributed by atoms with van der Waals surface area (Å²) < 4.78 is 14.4. The van der Waals surface area contributed by atoms with Crippen LogP contribution in [0.5, 0.6) is 11.5 Å². The minimum atomic E-state index is -1.26. The van der Waals surface area contributed by atoms with Crippen LogP contribution in [-0.4, -0.2) is 46.5 Å². The zero-order valence-electron chi connectivity index (χ0n) is 18.6. The second-order valence-electron chi connectivity index (χ2n) is 7.68. The molecule has 0 amide bonds. The second-order valence-corrected chi connectivity index (χ2v) is 8.08. The Morgan fingerprint density at radius 3 is 2.43 bits per heavy atom. The number of hydrogen-bond donors (Lipinski definition) is 3. The number of para-hydroxylation sites is 1. The van der Waals surface area contributed by atoms with E-state index in [0.29, 0.717) is 42.7 Å². The Hall–Kier alpha value is -4.01. The van der Waals surface area contributed by atoms with Crippen LogP contribution in [-0.2, 0) is 9.59 Å². The van der Waals surface area contributed by atoms with Crippen molar-refractivity contribution in [1.29, 1.82) is 0 Å². The smallest absolute Gasteiger partial charge is 0.328 e. The highest BCUT2D eigenvalue weighted by Crippen LogP contribution is 2.46. The number of aliphatic carboxylic acids is 2. The number of carbonyl (C=O) groups is 2. The van der Waals surface area contributed by atoms with E-state index < -0.39 is 11.9 Å². The normalized spacial score (nSPS) is 14.4. The number of rotatable bonds is 6. The summed E-state index contributed by atoms with van der Waals surface area (Å²) in [7, 11) is 0. The number of hydrogen-bond acceptors (Lipinski definition) is 5. The third-order valence-electron chi connectivity index (χ3n) is 5.48. The third-order valence-corrected chi connectivity index (χ3v) is 5.78. The minimum Gasteiger partial charge on any atom is -0.490 e. The first-order valence-corrected chi connectivity index (χ1v) is 11.2. The van der Waals surface area contributed by atoms with Crippen molar-refractivity contribution in [2.75, 3.05) is 19.8 Å². The van der Waals surface area contributed by atoms with E-state index in [-0.39, 0.29) is 6.04 Å². The molecule has 8 nitrogen and oxygen atoms in total. The molecule has 180 valence electrons. The van der Waals surface area contributed by atoms with Gasteiger partial charge in [-0.3, -0.25) is 0 Å². The molecule has 0 fully saturated rings. The molecule has 4 aromatic rings. The van der Waals surface area contributed by atoms with Crippen LogP contribution in [0, 0.1) is 0 Å². The van der Waals surface area contributed by atoms with Gasteiger partial charge in [0.05, 0.1) is 27.5 Å². The predicted octanol–water partition coefficient (Wildman–Crippen LogP) is 4.48. The Morgan fingerprint density at radius 2 is 1.77 bits per heavy atom. The maximum Gasteiger partial charge on any atom is 0.328 e. The monoisotopic (exact) mass is 494 g/mol. The van der Waals surface area contributed by atoms with Crippen molar-refractivity contribution in [3.05, 3.63) is 83.4 Å². The Morgan fingerprint density at radius 1 is 1.06 bits per heavy atom. The predicted molar refractivity (Wildman–Crippen MR) is 133 cm³/mol. The van der Waals surface area contributed by atoms with Gasteiger partial charge in [0.15, 0.2) is 0 Å². The molecule has 1 unspecified atom stereocenters. The lowest BCUT2D eigenvalue weighted by atomic mass is 10.1. The van der Waals surface area contributed by atoms with Crippen molar-refractivity contribution in [2.45, 2.75) is 6.04 Å². The number of nitrogens with two attached hydrogens (primary N) is 1. The van der Waals surface area contributed by atoms with Crippen LogP contribution in [0.4, 0.5) is 0 Å². The second kappa shape index (κ2) is 10.5. The van der Waals surface area contributed by atoms with Gasteiger partial charge < -0.3 is 30.0 Å². The third kappa shape index (κ3) is 4.94. The van der Waals surface area contributed by atoms with Crippen molar-refractivity contribution >= 4 is 45.3 Å². The van der Waals surface area contributed by atoms with Crippen LogP contribution >= 0.6 is 11.6 Å². The maximum absolute atomic E-state index is 9.55. The molecule has 1 aliphatic heterocycles. The van der Waals surface area contributed by atoms with Crippen LogP contribution in [0.25, 0.3) is 21.8 Å². The summed E-state index contributed by atoms with van der Waals surface area (Å²) in [5.74, 6) is -0.939. The molecule has 1 atom stereocenters. The van der Waals surface area contributed by atoms with Crippen molar-refractivity contribution in [2.24, 2.45) is 5.73 Å². The SMILES string of the molecule is NCCOc1c(Cl)ccc2c1c1cccc3c1n2C(c1ccccc1)CO3.O=C(O)C=CC(=O)O. The molecule has 35 heavy (non-hydrogen) atoms. The highest BCUT2D eigenvalue weighted by atomic mass is 35.5. The molecular weight excluding hydrogens is 472 g/mol. The Kier molecular flexibility index (Phi) is 7.24. The molecule has 0 aliphatic carbocycles. The highest BCUT2D eigenvalue weighted by molar-refractivity contribution is 6.34. The molecule has 2 heterocycles. The topological polar surface area (TPSA) is 124 Å². The van der Waals surface area contributed by atoms with Gasteiger partial charge in [-0.05, 0) is 23.8 Å². The fraction of sp³-hybridized carbons (Fsp3) is 0.154. The molecular formula is C26H23ClN2O6. The molecule has 4 N–H and O–H groups in total. The van der Waals surface area contributed by atoms with E-state index in [1.165, 1.54) is 5.56 Å². The van der Waals surface area contributed by atoms with E-state index in [1.54, 1.807) is 0 Å². The van der Waals surface area contributed by atoms with Crippen molar-refractivity contribution in [1.82, 2.24) is 4.57 Å². The Balaban J connectivity index is 0.000000314. The van der Waals surface area contributed by atoms with E-state index in [4.69, 9.17) is 37.0 Å². The number of fused-ring (bicyclic) bond motifs is 3. The summed E-state index contributed by atoms with van der Waals surface area (Å²) in [4.78, 5) is 19.1. The molecule has 0 spiro atoms. The number of nitrogens with zero attached hydrogens (tertiary/aromatic N) is 1. The number of benzene rings is 3. The highest BCUT2D eigenvalue weighted by Gasteiger charge is 2.28. The number of ether oxygens (including phenoxy) is 2. The lowest BCUT2D eigenvalue weighted by molar-refractivity contribution is -0.134. The largest absolute Gasteiger partial charge is 0.490 e. The lowest BCUT2D eigenvalue weighted by Gasteiger charge is -2.27. The summed E-state index contributed by atoms with van der Waals surface area (Å²) in [6.07, 6.45) is 1.12. The average Bonchev–Trinajstić information content (AvgIpc) is 3.19. The molecule has 3 aromatic carbocycles. The molecule has 0 saturated carbocycles. The van der Waals surface area contributed by atoms with E-state index in [9.17, 15) is 9.59 Å². The van der Waals surface area contributed by atoms with Crippen LogP contribution in [0.2, 0.25) is 5.02 Å². The zero-order valence-corrected chi connectivity index (χ0v) is 19.3. The van der Waals surface area contributed by atoms with Gasteiger partial charge in [-0.2, -0.15) is 0 Å². The van der Waals surface area contributed by atoms with E-state index in [0.717, 1.165) is 27.6 Å². The van der Waals surface area contributed by atoms with Crippen LogP contribution in [0.1, 0.15) is 11.6 Å². The Bertz CT molecular complexity index is 1400. The van der Waals surface area contributed by atoms with Crippen molar-refractivity contribution in [3.63, 3.8) is 0 Å². The summed E-state index contributed by atoms with van der Waals surface area (Å²) in [6, 6.07) is 20.6. The molecule has 1 aliphatic rings. The van der Waals surface area contributed by atoms with E-state index in [1.807, 2.05) is 24.3 Å². The van der Waals surface area contributed by atoms with Gasteiger partial charge in [0.1, 0.15) is 24.7 Å². The first kappa shape index (κ1) is 24.1. The molecule has 5 rings (SSSR count). The van der Waals surface area contributed by atoms with Gasteiger partial charge in [-0.1, -0.05) is 54.1 Å². The van der Waals surface area contributed by atoms with Crippen LogP contribution in [0.15, 0.2) is 72.8 Å². The summed E-state index contributed by atoms with van der Waals surface area (Å²) in [6.45, 7) is 1.44. The number of carboxylic acids is 2. The van der Waals surface area contributed by atoms with Crippen molar-refractivity contribution in [3.8, 4) is 11.5 Å². The van der Waals surface area contributed by atoms with Gasteiger partial charge in [-0.15, -0.1) is 0 Å². The van der Waals surface area contributed by atoms with Crippen molar-refractivity contribution < 1.29 is 29.3 Å². The van der Waals surface area contributed by atoms with Crippen LogP contribution in [0.3, 0.4) is 0 Å². The lowest BCUT2D eigenvalue weighted by Crippen LogP contribution is -2.22. The van der Waals surface area contributed by atoms with Gasteiger partial charge in [-0.25, -0.2) is 9.59 Å². The van der Waals surface area contributed by atoms with Gasteiger partial charge in [0.25, 0.3) is 0 Å². The van der Waals surface area contributed by atoms with Gasteiger partial charge >= 0.3 is 11.9 Å². The van der Waals surface area contributed by atoms with Gasteiger partial charge in [0.2, 0.25) is 0 Å². The fourth-order valence-corrected chi connectivity index (χ4v) is 4.36. The van der Waals surface area contributed by atoms with Gasteiger partial charge in [0, 0.05) is 24.1 Å². The average molecular weight is 495 g/mol. The summed E-state index contributed by atoms with van der Waals surface area (Å²) >= 11 is 6.49. The first-order valence-electron chi connectivity index (χ1n) is 10.8. The number of aromatic nitrogens is 1. The maximum atomic E-state index is 9.55. The molecule has 1 aromatic heterocycles. The summed E-state index contributed by atoms with van der Waals surface area (Å²) in [5, 5.41) is 18.3. The molecule has 9 heteroatoms. The minimum absolute atomic E-state index is 0.0876. The molecule has 0 radical (unpaired) electrons. The Labute approximate surface area is 205 Å². The molecule has 0 bridgehead atoms.